The minimum atomic E-state index is -5.85. The zero-order valence-electron chi connectivity index (χ0n) is 11.2. The third-order valence-electron chi connectivity index (χ3n) is 4.42. The highest BCUT2D eigenvalue weighted by atomic mass is 32.2. The maximum Gasteiger partial charge on any atom is 0.465 e. The van der Waals surface area contributed by atoms with E-state index in [2.05, 4.69) is 4.74 Å². The molecule has 9 heteroatoms. The monoisotopic (exact) mass is 328 g/mol. The van der Waals surface area contributed by atoms with Crippen LogP contribution in [-0.2, 0) is 19.6 Å². The van der Waals surface area contributed by atoms with Gasteiger partial charge in [0, 0.05) is 5.92 Å². The van der Waals surface area contributed by atoms with Gasteiger partial charge in [0.1, 0.15) is 0 Å². The largest absolute Gasteiger partial charge is 0.465 e. The van der Waals surface area contributed by atoms with Crippen LogP contribution in [0.1, 0.15) is 32.1 Å². The van der Waals surface area contributed by atoms with Crippen LogP contribution in [0.15, 0.2) is 0 Å². The van der Waals surface area contributed by atoms with Crippen molar-refractivity contribution >= 4 is 16.1 Å². The van der Waals surface area contributed by atoms with Crippen LogP contribution in [0.5, 0.6) is 0 Å². The molecule has 4 atom stereocenters. The number of aliphatic hydroxyl groups excluding tert-OH is 1. The molecule has 2 bridgehead atoms. The van der Waals surface area contributed by atoms with Crippen LogP contribution in [0.3, 0.4) is 0 Å². The molecule has 0 aromatic heterocycles. The van der Waals surface area contributed by atoms with Crippen molar-refractivity contribution in [3.8, 4) is 0 Å². The lowest BCUT2D eigenvalue weighted by molar-refractivity contribution is -0.166. The van der Waals surface area contributed by atoms with Crippen LogP contribution in [0.25, 0.3) is 0 Å². The van der Waals surface area contributed by atoms with E-state index in [1.165, 1.54) is 0 Å². The molecule has 2 saturated carbocycles. The lowest BCUT2D eigenvalue weighted by Gasteiger charge is -2.42. The van der Waals surface area contributed by atoms with Crippen molar-refractivity contribution in [3.63, 3.8) is 0 Å². The van der Waals surface area contributed by atoms with Gasteiger partial charge in [-0.1, -0.05) is 12.8 Å². The van der Waals surface area contributed by atoms with Crippen molar-refractivity contribution in [1.29, 1.82) is 0 Å². The number of ether oxygens (including phenoxy) is 1. The second kappa shape index (κ2) is 5.77. The summed E-state index contributed by atoms with van der Waals surface area (Å²) >= 11 is 0. The average molecular weight is 328 g/mol. The van der Waals surface area contributed by atoms with E-state index in [1.807, 2.05) is 0 Å². The van der Waals surface area contributed by atoms with Gasteiger partial charge in [0.05, 0.1) is 12.7 Å². The van der Waals surface area contributed by atoms with Crippen LogP contribution < -0.4 is 0 Å². The molecule has 0 spiro atoms. The Morgan fingerprint density at radius 1 is 1.29 bits per heavy atom. The number of rotatable bonds is 4. The molecular formula is C12H18F2O6S. The molecule has 2 N–H and O–H groups in total. The Morgan fingerprint density at radius 2 is 1.95 bits per heavy atom. The van der Waals surface area contributed by atoms with Gasteiger partial charge in [0.25, 0.3) is 0 Å². The first kappa shape index (κ1) is 16.6. The predicted octanol–water partition coefficient (Wildman–Crippen LogP) is 1.20. The molecule has 0 radical (unpaired) electrons. The number of esters is 1. The Labute approximate surface area is 121 Å². The zero-order valence-corrected chi connectivity index (χ0v) is 12.1. The summed E-state index contributed by atoms with van der Waals surface area (Å²) in [5, 5.41) is 5.13. The van der Waals surface area contributed by atoms with Crippen LogP contribution in [-0.4, -0.2) is 42.0 Å². The molecule has 0 amide bonds. The summed E-state index contributed by atoms with van der Waals surface area (Å²) in [6, 6.07) is 0. The summed E-state index contributed by atoms with van der Waals surface area (Å²) in [6.07, 6.45) is 3.56. The summed E-state index contributed by atoms with van der Waals surface area (Å²) in [6.45, 7) is -0.474. The highest BCUT2D eigenvalue weighted by molar-refractivity contribution is 7.87. The Bertz CT molecular complexity index is 506. The van der Waals surface area contributed by atoms with E-state index in [0.717, 1.165) is 25.7 Å². The first-order valence-corrected chi connectivity index (χ1v) is 8.27. The van der Waals surface area contributed by atoms with Crippen LogP contribution >= 0.6 is 0 Å². The molecule has 2 fully saturated rings. The number of hydrogen-bond acceptors (Lipinski definition) is 5. The topological polar surface area (TPSA) is 101 Å². The van der Waals surface area contributed by atoms with Gasteiger partial charge in [-0.05, 0) is 31.1 Å². The zero-order chi connectivity index (χ0) is 15.8. The molecule has 0 aromatic carbocycles. The van der Waals surface area contributed by atoms with E-state index in [9.17, 15) is 27.1 Å². The quantitative estimate of drug-likeness (QED) is 0.594. The fourth-order valence-corrected chi connectivity index (χ4v) is 3.62. The number of alkyl halides is 2. The minimum Gasteiger partial charge on any atom is -0.460 e. The summed E-state index contributed by atoms with van der Waals surface area (Å²) in [4.78, 5) is 11.1. The standard InChI is InChI=1S/C12H18F2O6S/c13-12(14,21(17,18)19)11(16)20-6-9-5-7-2-1-3-8(4-7)10(9)15/h7-10,15H,1-6H2,(H,17,18,19). The molecule has 4 unspecified atom stereocenters. The third kappa shape index (κ3) is 3.35. The molecule has 0 saturated heterocycles. The molecule has 2 rings (SSSR count). The Morgan fingerprint density at radius 3 is 2.57 bits per heavy atom. The van der Waals surface area contributed by atoms with Crippen LogP contribution in [0.2, 0.25) is 0 Å². The number of carbonyl (C=O) groups is 1. The number of aliphatic hydroxyl groups is 1. The summed E-state index contributed by atoms with van der Waals surface area (Å²) in [5.74, 6) is -2.34. The van der Waals surface area contributed by atoms with E-state index in [0.29, 0.717) is 12.3 Å². The van der Waals surface area contributed by atoms with Crippen molar-refractivity contribution in [3.05, 3.63) is 0 Å². The predicted molar refractivity (Wildman–Crippen MR) is 67.0 cm³/mol. The van der Waals surface area contributed by atoms with E-state index < -0.39 is 40.0 Å². The van der Waals surface area contributed by atoms with Gasteiger partial charge in [0.2, 0.25) is 0 Å². The maximum absolute atomic E-state index is 13.0. The normalized spacial score (nSPS) is 33.5. The van der Waals surface area contributed by atoms with Crippen molar-refractivity contribution in [2.24, 2.45) is 17.8 Å². The molecule has 6 nitrogen and oxygen atoms in total. The maximum atomic E-state index is 13.0. The fraction of sp³-hybridized carbons (Fsp3) is 0.917. The van der Waals surface area contributed by atoms with E-state index >= 15 is 0 Å². The van der Waals surface area contributed by atoms with Gasteiger partial charge < -0.3 is 9.84 Å². The summed E-state index contributed by atoms with van der Waals surface area (Å²) < 4.78 is 59.5. The molecule has 0 heterocycles. The Hall–Kier alpha value is -0.800. The number of hydrogen-bond donors (Lipinski definition) is 2. The lowest BCUT2D eigenvalue weighted by atomic mass is 9.66. The molecule has 0 aromatic rings. The Kier molecular flexibility index (Phi) is 4.55. The lowest BCUT2D eigenvalue weighted by Crippen LogP contribution is -2.44. The number of carbonyl (C=O) groups excluding carboxylic acids is 1. The van der Waals surface area contributed by atoms with Crippen molar-refractivity contribution in [1.82, 2.24) is 0 Å². The highest BCUT2D eigenvalue weighted by Gasteiger charge is 2.54. The number of halogens is 2. The number of fused-ring (bicyclic) bond motifs is 2. The molecule has 122 valence electrons. The first-order chi connectivity index (χ1) is 9.63. The van der Waals surface area contributed by atoms with E-state index in [-0.39, 0.29) is 5.92 Å². The first-order valence-electron chi connectivity index (χ1n) is 6.83. The second-order valence-corrected chi connectivity index (χ2v) is 7.33. The molecule has 2 aliphatic rings. The van der Waals surface area contributed by atoms with Gasteiger partial charge in [-0.2, -0.15) is 17.2 Å². The minimum absolute atomic E-state index is 0.0725. The molecule has 2 aliphatic carbocycles. The van der Waals surface area contributed by atoms with Gasteiger partial charge in [-0.3, -0.25) is 4.55 Å². The molecular weight excluding hydrogens is 310 g/mol. The van der Waals surface area contributed by atoms with Gasteiger partial charge in [-0.15, -0.1) is 0 Å². The van der Waals surface area contributed by atoms with Crippen LogP contribution in [0.4, 0.5) is 8.78 Å². The molecule has 0 aliphatic heterocycles. The second-order valence-electron chi connectivity index (χ2n) is 5.87. The van der Waals surface area contributed by atoms with Crippen molar-refractivity contribution in [2.75, 3.05) is 6.61 Å². The third-order valence-corrected chi connectivity index (χ3v) is 5.23. The van der Waals surface area contributed by atoms with Crippen molar-refractivity contribution < 1.29 is 36.4 Å². The summed E-state index contributed by atoms with van der Waals surface area (Å²) in [5.41, 5.74) is 0. The summed E-state index contributed by atoms with van der Waals surface area (Å²) in [7, 11) is -5.85. The smallest absolute Gasteiger partial charge is 0.460 e. The van der Waals surface area contributed by atoms with Gasteiger partial charge >= 0.3 is 21.3 Å². The van der Waals surface area contributed by atoms with Gasteiger partial charge in [0.15, 0.2) is 0 Å². The van der Waals surface area contributed by atoms with Crippen molar-refractivity contribution in [2.45, 2.75) is 43.5 Å². The van der Waals surface area contributed by atoms with E-state index in [1.54, 1.807) is 0 Å². The SMILES string of the molecule is O=C(OCC1CC2CCCC(C2)C1O)C(F)(F)S(=O)(=O)O. The highest BCUT2D eigenvalue weighted by Crippen LogP contribution is 2.42. The van der Waals surface area contributed by atoms with Crippen LogP contribution in [0, 0.1) is 17.8 Å². The average Bonchev–Trinajstić information content (AvgIpc) is 2.40. The van der Waals surface area contributed by atoms with Gasteiger partial charge in [-0.25, -0.2) is 4.79 Å². The van der Waals surface area contributed by atoms with E-state index in [4.69, 9.17) is 4.55 Å². The Balaban J connectivity index is 1.95. The molecule has 21 heavy (non-hydrogen) atoms. The fourth-order valence-electron chi connectivity index (χ4n) is 3.35.